The maximum atomic E-state index is 11.2. The number of aliphatic carboxylic acids is 2. The monoisotopic (exact) mass is 760 g/mol. The average molecular weight is 761 g/mol. The minimum Gasteiger partial charge on any atom is -0.545 e. The predicted molar refractivity (Wildman–Crippen MR) is 207 cm³/mol. The Morgan fingerprint density at radius 3 is 0.778 bits per heavy atom. The van der Waals surface area contributed by atoms with Crippen LogP contribution in [0.1, 0.15) is 55.4 Å². The Morgan fingerprint density at radius 2 is 0.593 bits per heavy atom. The number of hydrogen-bond donors (Lipinski definition) is 1. The first-order chi connectivity index (χ1) is 24.5. The smallest absolute Gasteiger partial charge is 0.545 e. The molecule has 1 N–H and O–H groups in total. The summed E-state index contributed by atoms with van der Waals surface area (Å²) in [4.78, 5) is 43.5. The predicted octanol–water partition coefficient (Wildman–Crippen LogP) is 0.343. The van der Waals surface area contributed by atoms with Crippen LogP contribution < -0.4 is 69.3 Å². The molecule has 0 heterocycles. The van der Waals surface area contributed by atoms with Crippen molar-refractivity contribution in [2.24, 2.45) is 0 Å². The molecule has 0 saturated heterocycles. The molecule has 0 bridgehead atoms. The van der Waals surface area contributed by atoms with Gasteiger partial charge in [0.2, 0.25) is 0 Å². The number of aliphatic hydroxyl groups excluding tert-OH is 1. The molecule has 0 aliphatic carbocycles. The first-order valence-corrected chi connectivity index (χ1v) is 16.0. The topological polar surface area (TPSA) is 153 Å². The minimum atomic E-state index is -1.18. The number of hydrogen-bond acceptors (Lipinski definition) is 9. The number of carbonyl (C=O) groups excluding carboxylic acids is 4. The van der Waals surface area contributed by atoms with E-state index in [-0.39, 0.29) is 82.2 Å². The van der Waals surface area contributed by atoms with Gasteiger partial charge in [0, 0.05) is 18.3 Å². The van der Waals surface area contributed by atoms with Gasteiger partial charge in [0.05, 0.1) is 26.2 Å². The Morgan fingerprint density at radius 1 is 0.389 bits per heavy atom. The summed E-state index contributed by atoms with van der Waals surface area (Å²) >= 11 is 0. The molecule has 11 heteroatoms. The summed E-state index contributed by atoms with van der Waals surface area (Å²) in [6, 6.07) is 0. The summed E-state index contributed by atoms with van der Waals surface area (Å²) in [5, 5.41) is 28.0. The van der Waals surface area contributed by atoms with Gasteiger partial charge >= 0.3 is 71.1 Å². The van der Waals surface area contributed by atoms with Gasteiger partial charge in [-0.1, -0.05) is 144 Å². The molecule has 0 rings (SSSR count). The SMILES string of the molecule is CC(/C=C/C=C(\C)C(=O)[O-])=C\C=C\C=C(C)\C=C\C=C(/C)C(=O)[O-].CO.COC(=O)/C(C)=C/C=C/C(C)=C/C=C/C=C(C)/C=C/C=C(\C)C(=O)OC.[Na+].[Na+]. The van der Waals surface area contributed by atoms with Crippen LogP contribution in [0.5, 0.6) is 0 Å². The van der Waals surface area contributed by atoms with Crippen LogP contribution in [0.4, 0.5) is 0 Å². The van der Waals surface area contributed by atoms with Gasteiger partial charge in [-0.3, -0.25) is 0 Å². The molecule has 0 fully saturated rings. The van der Waals surface area contributed by atoms with Crippen LogP contribution in [0.2, 0.25) is 0 Å². The van der Waals surface area contributed by atoms with Gasteiger partial charge in [-0.15, -0.1) is 0 Å². The van der Waals surface area contributed by atoms with Crippen molar-refractivity contribution in [1.82, 2.24) is 0 Å². The van der Waals surface area contributed by atoms with E-state index in [2.05, 4.69) is 9.47 Å². The molecule has 0 aromatic heterocycles. The third kappa shape index (κ3) is 36.6. The normalized spacial score (nSPS) is 13.8. The van der Waals surface area contributed by atoms with E-state index < -0.39 is 11.9 Å². The zero-order valence-corrected chi connectivity index (χ0v) is 38.3. The molecule has 0 spiro atoms. The number of carboxylic acids is 2. The molecule has 0 unspecified atom stereocenters. The molecule has 0 atom stereocenters. The summed E-state index contributed by atoms with van der Waals surface area (Å²) in [5.74, 6) is -3.03. The van der Waals surface area contributed by atoms with Gasteiger partial charge in [0.1, 0.15) is 0 Å². The van der Waals surface area contributed by atoms with Gasteiger partial charge in [0.15, 0.2) is 0 Å². The number of carbonyl (C=O) groups is 4. The van der Waals surface area contributed by atoms with Crippen LogP contribution in [-0.2, 0) is 28.7 Å². The molecule has 0 aliphatic heterocycles. The molecule has 54 heavy (non-hydrogen) atoms. The summed E-state index contributed by atoms with van der Waals surface area (Å²) in [6.45, 7) is 14.1. The van der Waals surface area contributed by atoms with Crippen molar-refractivity contribution < 1.29 is 103 Å². The van der Waals surface area contributed by atoms with Crippen LogP contribution in [0.15, 0.2) is 166 Å². The largest absolute Gasteiger partial charge is 1.00 e. The fourth-order valence-corrected chi connectivity index (χ4v) is 3.02. The van der Waals surface area contributed by atoms with Crippen molar-refractivity contribution in [3.8, 4) is 0 Å². The second-order valence-corrected chi connectivity index (χ2v) is 10.8. The van der Waals surface area contributed by atoms with Crippen LogP contribution >= 0.6 is 0 Å². The zero-order chi connectivity index (χ0) is 40.5. The third-order valence-electron chi connectivity index (χ3n) is 6.14. The van der Waals surface area contributed by atoms with Crippen LogP contribution in [0, 0.1) is 0 Å². The Bertz CT molecular complexity index is 1500. The second kappa shape index (κ2) is 38.9. The van der Waals surface area contributed by atoms with Gasteiger partial charge in [-0.25, -0.2) is 9.59 Å². The Kier molecular flexibility index (Phi) is 42.9. The molecule has 0 aromatic carbocycles. The molecular weight excluding hydrogens is 706 g/mol. The third-order valence-corrected chi connectivity index (χ3v) is 6.14. The van der Waals surface area contributed by atoms with E-state index in [0.29, 0.717) is 11.1 Å². The maximum absolute atomic E-state index is 11.2. The molecule has 0 aliphatic rings. The van der Waals surface area contributed by atoms with E-state index in [9.17, 15) is 29.4 Å². The second-order valence-electron chi connectivity index (χ2n) is 10.8. The summed E-state index contributed by atoms with van der Waals surface area (Å²) in [5.41, 5.74) is 5.46. The van der Waals surface area contributed by atoms with E-state index >= 15 is 0 Å². The van der Waals surface area contributed by atoms with Crippen molar-refractivity contribution >= 4 is 23.9 Å². The van der Waals surface area contributed by atoms with Crippen molar-refractivity contribution in [3.05, 3.63) is 166 Å². The number of esters is 2. The van der Waals surface area contributed by atoms with Crippen molar-refractivity contribution in [3.63, 3.8) is 0 Å². The number of methoxy groups -OCH3 is 2. The van der Waals surface area contributed by atoms with Gasteiger partial charge in [0.25, 0.3) is 0 Å². The first kappa shape index (κ1) is 59.5. The molecule has 282 valence electrons. The number of allylic oxidation sites excluding steroid dienone is 24. The average Bonchev–Trinajstić information content (AvgIpc) is 3.11. The standard InChI is InChI=1S/C22H28O4.C20H24O4.CH4O.2Na/c1-17(13-9-15-19(3)21(23)25-5)11-7-8-12-18(2)14-10-16-20(4)22(24)26-6;1-15(11-7-13-17(3)19(21)22)9-5-6-10-16(2)12-8-14-18(4)20(23)24;1-2;;/h7-16H,1-6H3;5-14H,1-4H3,(H,21,22)(H,23,24);2H,1H3;;/q;;;2*+1/p-2/b8-7+,13-9+,14-10+,17-11+,18-12+,19-15+,20-16+;6-5+,11-7+,12-8+,15-9+,16-10+,17-13+,18-14+;;;. The first-order valence-electron chi connectivity index (χ1n) is 16.0. The molecular formula is C43H54Na2O9. The van der Waals surface area contributed by atoms with Gasteiger partial charge in [-0.05, 0) is 66.5 Å². The van der Waals surface area contributed by atoms with E-state index in [1.165, 1.54) is 40.2 Å². The van der Waals surface area contributed by atoms with E-state index in [1.807, 2.05) is 101 Å². The van der Waals surface area contributed by atoms with E-state index in [0.717, 1.165) is 29.4 Å². The molecule has 9 nitrogen and oxygen atoms in total. The number of rotatable bonds is 16. The number of carboxylic acid groups (broad SMARTS) is 2. The zero-order valence-electron chi connectivity index (χ0n) is 34.3. The van der Waals surface area contributed by atoms with Crippen molar-refractivity contribution in [2.75, 3.05) is 21.3 Å². The summed E-state index contributed by atoms with van der Waals surface area (Å²) < 4.78 is 9.25. The maximum Gasteiger partial charge on any atom is 1.00 e. The molecule has 0 amide bonds. The summed E-state index contributed by atoms with van der Waals surface area (Å²) in [6.07, 6.45) is 36.0. The van der Waals surface area contributed by atoms with Crippen LogP contribution in [0.3, 0.4) is 0 Å². The van der Waals surface area contributed by atoms with E-state index in [4.69, 9.17) is 5.11 Å². The van der Waals surface area contributed by atoms with Crippen molar-refractivity contribution in [2.45, 2.75) is 55.4 Å². The van der Waals surface area contributed by atoms with Gasteiger partial charge in [-0.2, -0.15) is 0 Å². The molecule has 0 radical (unpaired) electrons. The number of ether oxygens (including phenoxy) is 2. The van der Waals surface area contributed by atoms with Crippen molar-refractivity contribution in [1.29, 1.82) is 0 Å². The fourth-order valence-electron chi connectivity index (χ4n) is 3.02. The van der Waals surface area contributed by atoms with Gasteiger partial charge < -0.3 is 34.4 Å². The Balaban J connectivity index is -0.000000274. The van der Waals surface area contributed by atoms with Crippen LogP contribution in [0.25, 0.3) is 0 Å². The number of aliphatic hydroxyl groups is 1. The summed E-state index contributed by atoms with van der Waals surface area (Å²) in [7, 11) is 3.72. The molecule has 0 saturated carbocycles. The minimum absolute atomic E-state index is 0. The molecule has 0 aromatic rings. The fraction of sp³-hybridized carbons (Fsp3) is 0.256. The quantitative estimate of drug-likeness (QED) is 0.102. The van der Waals surface area contributed by atoms with E-state index in [1.54, 1.807) is 50.3 Å². The van der Waals surface area contributed by atoms with Crippen LogP contribution in [-0.4, -0.2) is 50.3 Å². The Hall–Kier alpha value is -3.80. The Labute approximate surface area is 367 Å².